The fourth-order valence-electron chi connectivity index (χ4n) is 11.1. The molecule has 0 aliphatic heterocycles. The first kappa shape index (κ1) is 41.7. The van der Waals surface area contributed by atoms with Gasteiger partial charge < -0.3 is 0 Å². The van der Waals surface area contributed by atoms with Gasteiger partial charge in [0.2, 0.25) is 35.4 Å². The number of imide groups is 3. The van der Waals surface area contributed by atoms with Gasteiger partial charge in [0.1, 0.15) is 11.6 Å². The van der Waals surface area contributed by atoms with Crippen LogP contribution in [-0.4, -0.2) is 40.4 Å². The van der Waals surface area contributed by atoms with Gasteiger partial charge >= 0.3 is 0 Å². The Balaban J connectivity index is 1.41. The van der Waals surface area contributed by atoms with E-state index in [1.54, 1.807) is 12.1 Å². The second-order valence-electron chi connectivity index (χ2n) is 18.6. The molecular weight excluding hydrogens is 717 g/mol. The van der Waals surface area contributed by atoms with Crippen molar-refractivity contribution >= 4 is 52.8 Å². The number of carbonyl (C=O) groups excluding carboxylic acids is 6. The van der Waals surface area contributed by atoms with Crippen molar-refractivity contribution in [3.8, 4) is 0 Å². The summed E-state index contributed by atoms with van der Waals surface area (Å²) in [6, 6.07) is 3.20. The summed E-state index contributed by atoms with van der Waals surface area (Å²) in [5.74, 6) is -3.74. The molecule has 57 heavy (non-hydrogen) atoms. The minimum Gasteiger partial charge on any atom is -0.274 e. The molecule has 312 valence electrons. The van der Waals surface area contributed by atoms with Crippen molar-refractivity contribution in [3.63, 3.8) is 0 Å². The molecule has 0 saturated heterocycles. The van der Waals surface area contributed by atoms with Crippen LogP contribution in [0.15, 0.2) is 12.1 Å². The summed E-state index contributed by atoms with van der Waals surface area (Å²) in [4.78, 5) is 98.0. The van der Waals surface area contributed by atoms with E-state index in [4.69, 9.17) is 4.98 Å². The Labute approximate surface area is 340 Å². The molecule has 6 aliphatic rings. The van der Waals surface area contributed by atoms with Crippen molar-refractivity contribution in [1.29, 1.82) is 0 Å². The Bertz CT molecular complexity index is 1300. The highest BCUT2D eigenvalue weighted by atomic mass is 16.2. The molecule has 6 saturated carbocycles. The predicted octanol–water partition coefficient (Wildman–Crippen LogP) is 10.1. The van der Waals surface area contributed by atoms with Crippen LogP contribution in [0.2, 0.25) is 0 Å². The Morgan fingerprint density at radius 1 is 0.316 bits per heavy atom. The zero-order valence-electron chi connectivity index (χ0n) is 34.6. The van der Waals surface area contributed by atoms with E-state index in [0.717, 1.165) is 116 Å². The molecule has 7 rings (SSSR count). The van der Waals surface area contributed by atoms with Crippen molar-refractivity contribution in [2.24, 2.45) is 35.5 Å². The van der Waals surface area contributed by atoms with Gasteiger partial charge in [-0.05, 0) is 77.0 Å². The number of pyridine rings is 1. The van der Waals surface area contributed by atoms with Gasteiger partial charge in [-0.15, -0.1) is 0 Å². The molecule has 10 heteroatoms. The first-order valence-corrected chi connectivity index (χ1v) is 23.5. The van der Waals surface area contributed by atoms with Crippen LogP contribution in [-0.2, 0) is 28.8 Å². The molecule has 6 aliphatic carbocycles. The molecule has 0 unspecified atom stereocenters. The van der Waals surface area contributed by atoms with Crippen LogP contribution < -0.4 is 14.7 Å². The van der Waals surface area contributed by atoms with Gasteiger partial charge in [-0.2, -0.15) is 0 Å². The molecule has 6 amide bonds. The second-order valence-corrected chi connectivity index (χ2v) is 18.6. The third-order valence-corrected chi connectivity index (χ3v) is 14.5. The maximum atomic E-state index is 14.9. The number of nitrogens with zero attached hydrogens (tertiary/aromatic N) is 4. The van der Waals surface area contributed by atoms with E-state index in [2.05, 4.69) is 0 Å². The molecule has 6 fully saturated rings. The minimum atomic E-state index is -0.354. The van der Waals surface area contributed by atoms with Gasteiger partial charge in [-0.25, -0.2) is 19.7 Å². The highest BCUT2D eigenvalue weighted by Gasteiger charge is 2.42. The first-order chi connectivity index (χ1) is 27.8. The van der Waals surface area contributed by atoms with E-state index in [9.17, 15) is 28.8 Å². The summed E-state index contributed by atoms with van der Waals surface area (Å²) in [6.07, 6.45) is 25.3. The lowest BCUT2D eigenvalue weighted by molar-refractivity contribution is -0.133. The Morgan fingerprint density at radius 2 is 0.509 bits per heavy atom. The number of hydrogen-bond acceptors (Lipinski definition) is 7. The van der Waals surface area contributed by atoms with Gasteiger partial charge in [0, 0.05) is 47.6 Å². The lowest BCUT2D eigenvalue weighted by Crippen LogP contribution is -2.48. The normalized spacial score (nSPS) is 22.7. The van der Waals surface area contributed by atoms with Crippen LogP contribution in [0.5, 0.6) is 0 Å². The highest BCUT2D eigenvalue weighted by molar-refractivity contribution is 6.20. The van der Waals surface area contributed by atoms with Gasteiger partial charge in [-0.1, -0.05) is 116 Å². The topological polar surface area (TPSA) is 125 Å². The Morgan fingerprint density at radius 3 is 0.719 bits per heavy atom. The van der Waals surface area contributed by atoms with Gasteiger partial charge in [0.25, 0.3) is 0 Å². The molecule has 1 aromatic heterocycles. The fourth-order valence-corrected chi connectivity index (χ4v) is 11.1. The molecule has 1 aromatic rings. The number of rotatable bonds is 9. The van der Waals surface area contributed by atoms with Crippen LogP contribution in [0.4, 0.5) is 17.3 Å². The number of anilines is 3. The maximum Gasteiger partial charge on any atom is 0.238 e. The molecule has 10 nitrogen and oxygen atoms in total. The van der Waals surface area contributed by atoms with Crippen LogP contribution in [0.1, 0.15) is 193 Å². The van der Waals surface area contributed by atoms with Crippen molar-refractivity contribution in [1.82, 2.24) is 4.98 Å². The lowest BCUT2D eigenvalue weighted by atomic mass is 9.85. The zero-order chi connectivity index (χ0) is 39.7. The third kappa shape index (κ3) is 9.89. The first-order valence-electron chi connectivity index (χ1n) is 23.5. The van der Waals surface area contributed by atoms with E-state index in [1.165, 1.54) is 14.7 Å². The SMILES string of the molecule is O=C(C1CCCCC1)N(C(=O)C1CCCCC1)c1cc(N(C(=O)C2CCCCC2)C(=O)C2CCCCC2)nc(N(C(=O)C2CCCCC2)C(=O)C2CCCCC2)c1. The lowest BCUT2D eigenvalue weighted by Gasteiger charge is -2.35. The summed E-state index contributed by atoms with van der Waals surface area (Å²) in [6.45, 7) is 0. The Hall–Kier alpha value is -3.43. The molecule has 0 radical (unpaired) electrons. The minimum absolute atomic E-state index is 0.0319. The molecule has 0 aromatic carbocycles. The Kier molecular flexibility index (Phi) is 14.7. The van der Waals surface area contributed by atoms with Crippen molar-refractivity contribution in [3.05, 3.63) is 12.1 Å². The third-order valence-electron chi connectivity index (χ3n) is 14.5. The average molecular weight is 785 g/mol. The van der Waals surface area contributed by atoms with E-state index in [1.807, 2.05) is 0 Å². The summed E-state index contributed by atoms with van der Waals surface area (Å²) >= 11 is 0. The second kappa shape index (κ2) is 20.0. The smallest absolute Gasteiger partial charge is 0.238 e. The summed E-state index contributed by atoms with van der Waals surface area (Å²) < 4.78 is 0. The predicted molar refractivity (Wildman–Crippen MR) is 221 cm³/mol. The fraction of sp³-hybridized carbons (Fsp3) is 0.766. The molecule has 0 atom stereocenters. The summed E-state index contributed by atoms with van der Waals surface area (Å²) in [5.41, 5.74) is 0.219. The van der Waals surface area contributed by atoms with Crippen LogP contribution in [0, 0.1) is 35.5 Å². The number of carbonyl (C=O) groups is 6. The quantitative estimate of drug-likeness (QED) is 0.228. The molecule has 0 bridgehead atoms. The van der Waals surface area contributed by atoms with Crippen molar-refractivity contribution in [2.45, 2.75) is 193 Å². The monoisotopic (exact) mass is 785 g/mol. The van der Waals surface area contributed by atoms with E-state index >= 15 is 0 Å². The van der Waals surface area contributed by atoms with Crippen molar-refractivity contribution < 1.29 is 28.8 Å². The van der Waals surface area contributed by atoms with Crippen LogP contribution in [0.25, 0.3) is 0 Å². The van der Waals surface area contributed by atoms with Crippen LogP contribution >= 0.6 is 0 Å². The maximum absolute atomic E-state index is 14.9. The summed E-state index contributed by atoms with van der Waals surface area (Å²) in [5, 5.41) is 0. The summed E-state index contributed by atoms with van der Waals surface area (Å²) in [7, 11) is 0. The van der Waals surface area contributed by atoms with Gasteiger partial charge in [0.15, 0.2) is 0 Å². The van der Waals surface area contributed by atoms with Gasteiger partial charge in [-0.3, -0.25) is 28.8 Å². The highest BCUT2D eigenvalue weighted by Crippen LogP contribution is 2.39. The van der Waals surface area contributed by atoms with Crippen molar-refractivity contribution in [2.75, 3.05) is 14.7 Å². The molecular formula is C47H68N4O6. The molecule has 1 heterocycles. The number of amides is 6. The van der Waals surface area contributed by atoms with E-state index < -0.39 is 0 Å². The largest absolute Gasteiger partial charge is 0.274 e. The van der Waals surface area contributed by atoms with E-state index in [-0.39, 0.29) is 88.3 Å². The number of hydrogen-bond donors (Lipinski definition) is 0. The van der Waals surface area contributed by atoms with Crippen LogP contribution in [0.3, 0.4) is 0 Å². The average Bonchev–Trinajstić information content (AvgIpc) is 3.28. The number of aromatic nitrogens is 1. The van der Waals surface area contributed by atoms with Gasteiger partial charge in [0.05, 0.1) is 5.69 Å². The molecule has 0 spiro atoms. The molecule has 0 N–H and O–H groups in total. The van der Waals surface area contributed by atoms with E-state index in [0.29, 0.717) is 77.0 Å². The standard InChI is InChI=1S/C47H68N4O6/c52-42(33-19-7-1-8-20-33)49(43(53)34-21-9-2-10-22-34)39-31-40(50(44(54)35-23-11-3-12-24-35)45(55)36-25-13-4-14-26-36)48-41(32-39)51(46(56)37-27-15-5-16-28-37)47(57)38-29-17-6-18-30-38/h31-38H,1-30H2. The zero-order valence-corrected chi connectivity index (χ0v) is 34.6.